The van der Waals surface area contributed by atoms with E-state index in [1.165, 1.54) is 75.3 Å². The summed E-state index contributed by atoms with van der Waals surface area (Å²) >= 11 is 0. The third-order valence-electron chi connectivity index (χ3n) is 7.94. The van der Waals surface area contributed by atoms with Gasteiger partial charge in [-0.25, -0.2) is 4.39 Å². The number of hydrogen-bond acceptors (Lipinski definition) is 0. The molecule has 4 rings (SSSR count). The zero-order valence-corrected chi connectivity index (χ0v) is 22.0. The van der Waals surface area contributed by atoms with E-state index in [0.717, 1.165) is 35.6 Å². The van der Waals surface area contributed by atoms with E-state index in [9.17, 15) is 0 Å². The van der Waals surface area contributed by atoms with Crippen molar-refractivity contribution in [1.29, 1.82) is 0 Å². The van der Waals surface area contributed by atoms with Crippen LogP contribution >= 0.6 is 0 Å². The van der Waals surface area contributed by atoms with Crippen LogP contribution in [0.5, 0.6) is 0 Å². The summed E-state index contributed by atoms with van der Waals surface area (Å²) in [5.41, 5.74) is 4.06. The Kier molecular flexibility index (Phi) is 9.80. The highest BCUT2D eigenvalue weighted by Crippen LogP contribution is 2.33. The van der Waals surface area contributed by atoms with E-state index >= 15 is 4.39 Å². The number of aryl methyl sites for hydroxylation is 2. The van der Waals surface area contributed by atoms with Crippen LogP contribution in [0.2, 0.25) is 0 Å². The van der Waals surface area contributed by atoms with Crippen molar-refractivity contribution >= 4 is 10.8 Å². The van der Waals surface area contributed by atoms with Crippen LogP contribution in [0.3, 0.4) is 0 Å². The standard InChI is InChI=1S/C35H41F/c1-3-5-6-7-9-31-21-25-34-33(26-31)24-23-32(35(34)36)22-20-30-18-16-29(17-19-30)15-14-28-12-10-27(8-4-2)11-13-28/h4,16-19,21,23-28H,2-3,5-15H2,1H3. The molecule has 0 nitrogen and oxygen atoms in total. The molecule has 1 aliphatic rings. The van der Waals surface area contributed by atoms with Crippen LogP contribution in [-0.4, -0.2) is 0 Å². The van der Waals surface area contributed by atoms with Crippen LogP contribution in [0.15, 0.2) is 67.3 Å². The molecule has 0 radical (unpaired) electrons. The molecule has 0 unspecified atom stereocenters. The van der Waals surface area contributed by atoms with E-state index < -0.39 is 0 Å². The molecule has 0 aromatic heterocycles. The molecule has 3 aromatic rings. The number of hydrogen-bond donors (Lipinski definition) is 0. The third kappa shape index (κ3) is 7.33. The number of fused-ring (bicyclic) bond motifs is 1. The molecule has 1 fully saturated rings. The van der Waals surface area contributed by atoms with Crippen molar-refractivity contribution in [2.45, 2.75) is 84.0 Å². The molecule has 0 N–H and O–H groups in total. The van der Waals surface area contributed by atoms with E-state index in [0.29, 0.717) is 10.9 Å². The summed E-state index contributed by atoms with van der Waals surface area (Å²) in [6.07, 6.45) is 17.1. The molecule has 1 saturated carbocycles. The number of rotatable bonds is 10. The third-order valence-corrected chi connectivity index (χ3v) is 7.94. The van der Waals surface area contributed by atoms with Crippen molar-refractivity contribution in [3.63, 3.8) is 0 Å². The largest absolute Gasteiger partial charge is 0.205 e. The normalized spacial score (nSPS) is 17.5. The first-order chi connectivity index (χ1) is 17.7. The van der Waals surface area contributed by atoms with E-state index in [1.54, 1.807) is 0 Å². The number of halogens is 1. The molecule has 0 bridgehead atoms. The van der Waals surface area contributed by atoms with Gasteiger partial charge in [0.2, 0.25) is 0 Å². The second-order valence-corrected chi connectivity index (χ2v) is 10.7. The molecular formula is C35H41F. The molecule has 188 valence electrons. The SMILES string of the molecule is C=CCC1CCC(CCc2ccc(C#Cc3ccc4cc(CCCCCC)ccc4c3F)cc2)CC1. The fraction of sp³-hybridized carbons (Fsp3) is 0.429. The van der Waals surface area contributed by atoms with Crippen LogP contribution in [0.25, 0.3) is 10.8 Å². The summed E-state index contributed by atoms with van der Waals surface area (Å²) in [7, 11) is 0. The summed E-state index contributed by atoms with van der Waals surface area (Å²) in [6.45, 7) is 6.12. The lowest BCUT2D eigenvalue weighted by Gasteiger charge is -2.27. The maximum absolute atomic E-state index is 15.2. The van der Waals surface area contributed by atoms with Gasteiger partial charge in [0.1, 0.15) is 5.82 Å². The highest BCUT2D eigenvalue weighted by molar-refractivity contribution is 5.85. The van der Waals surface area contributed by atoms with Gasteiger partial charge in [0.15, 0.2) is 0 Å². The predicted octanol–water partition coefficient (Wildman–Crippen LogP) is 9.82. The van der Waals surface area contributed by atoms with Crippen LogP contribution < -0.4 is 0 Å². The highest BCUT2D eigenvalue weighted by Gasteiger charge is 2.20. The Hall–Kier alpha value is -2.85. The molecule has 0 saturated heterocycles. The Labute approximate surface area is 218 Å². The zero-order valence-electron chi connectivity index (χ0n) is 22.0. The zero-order chi connectivity index (χ0) is 25.2. The van der Waals surface area contributed by atoms with Gasteiger partial charge in [-0.1, -0.05) is 93.3 Å². The van der Waals surface area contributed by atoms with Gasteiger partial charge in [-0.15, -0.1) is 6.58 Å². The van der Waals surface area contributed by atoms with E-state index in [4.69, 9.17) is 0 Å². The van der Waals surface area contributed by atoms with Crippen molar-refractivity contribution < 1.29 is 4.39 Å². The van der Waals surface area contributed by atoms with Crippen molar-refractivity contribution in [3.05, 3.63) is 95.3 Å². The van der Waals surface area contributed by atoms with Gasteiger partial charge in [0.25, 0.3) is 0 Å². The first kappa shape index (κ1) is 26.2. The number of benzene rings is 3. The van der Waals surface area contributed by atoms with E-state index in [-0.39, 0.29) is 5.82 Å². The molecule has 0 spiro atoms. The second kappa shape index (κ2) is 13.5. The predicted molar refractivity (Wildman–Crippen MR) is 153 cm³/mol. The van der Waals surface area contributed by atoms with E-state index in [2.05, 4.69) is 67.8 Å². The molecule has 0 aliphatic heterocycles. The minimum absolute atomic E-state index is 0.211. The van der Waals surface area contributed by atoms with Gasteiger partial charge in [0.05, 0.1) is 5.56 Å². The minimum Gasteiger partial charge on any atom is -0.205 e. The lowest BCUT2D eigenvalue weighted by Crippen LogP contribution is -2.14. The summed E-state index contributed by atoms with van der Waals surface area (Å²) in [6, 6.07) is 18.5. The lowest BCUT2D eigenvalue weighted by molar-refractivity contribution is 0.265. The van der Waals surface area contributed by atoms with Crippen LogP contribution in [-0.2, 0) is 12.8 Å². The van der Waals surface area contributed by atoms with Crippen molar-refractivity contribution in [1.82, 2.24) is 0 Å². The highest BCUT2D eigenvalue weighted by atomic mass is 19.1. The average Bonchev–Trinajstić information content (AvgIpc) is 2.91. The van der Waals surface area contributed by atoms with Gasteiger partial charge < -0.3 is 0 Å². The minimum atomic E-state index is -0.211. The van der Waals surface area contributed by atoms with E-state index in [1.807, 2.05) is 18.2 Å². The topological polar surface area (TPSA) is 0 Å². The summed E-state index contributed by atoms with van der Waals surface area (Å²) in [5.74, 6) is 7.75. The molecule has 0 atom stereocenters. The van der Waals surface area contributed by atoms with Gasteiger partial charge in [-0.2, -0.15) is 0 Å². The Morgan fingerprint density at radius 1 is 0.833 bits per heavy atom. The maximum Gasteiger partial charge on any atom is 0.146 e. The summed E-state index contributed by atoms with van der Waals surface area (Å²) < 4.78 is 15.2. The lowest BCUT2D eigenvalue weighted by atomic mass is 9.78. The van der Waals surface area contributed by atoms with Crippen LogP contribution in [0, 0.1) is 29.5 Å². The Balaban J connectivity index is 1.33. The Morgan fingerprint density at radius 3 is 2.33 bits per heavy atom. The van der Waals surface area contributed by atoms with Gasteiger partial charge >= 0.3 is 0 Å². The molecule has 1 aliphatic carbocycles. The molecule has 3 aromatic carbocycles. The summed E-state index contributed by atoms with van der Waals surface area (Å²) in [4.78, 5) is 0. The van der Waals surface area contributed by atoms with Crippen molar-refractivity contribution in [2.24, 2.45) is 11.8 Å². The monoisotopic (exact) mass is 480 g/mol. The fourth-order valence-corrected chi connectivity index (χ4v) is 5.61. The quantitative estimate of drug-likeness (QED) is 0.154. The first-order valence-electron chi connectivity index (χ1n) is 14.1. The second-order valence-electron chi connectivity index (χ2n) is 10.7. The number of allylic oxidation sites excluding steroid dienone is 1. The van der Waals surface area contributed by atoms with Crippen LogP contribution in [0.1, 0.15) is 93.4 Å². The van der Waals surface area contributed by atoms with Gasteiger partial charge in [0, 0.05) is 10.9 Å². The smallest absolute Gasteiger partial charge is 0.146 e. The Morgan fingerprint density at radius 2 is 1.58 bits per heavy atom. The molecule has 0 amide bonds. The molecule has 0 heterocycles. The maximum atomic E-state index is 15.2. The van der Waals surface area contributed by atoms with Gasteiger partial charge in [-0.3, -0.25) is 0 Å². The molecular weight excluding hydrogens is 439 g/mol. The molecule has 1 heteroatoms. The Bertz CT molecular complexity index is 1180. The van der Waals surface area contributed by atoms with Crippen LogP contribution in [0.4, 0.5) is 4.39 Å². The number of unbranched alkanes of at least 4 members (excludes halogenated alkanes) is 3. The van der Waals surface area contributed by atoms with Gasteiger partial charge in [-0.05, 0) is 91.5 Å². The average molecular weight is 481 g/mol. The first-order valence-corrected chi connectivity index (χ1v) is 14.1. The van der Waals surface area contributed by atoms with Crippen molar-refractivity contribution in [3.8, 4) is 11.8 Å². The summed E-state index contributed by atoms with van der Waals surface area (Å²) in [5, 5.41) is 1.62. The molecule has 36 heavy (non-hydrogen) atoms. The fourth-order valence-electron chi connectivity index (χ4n) is 5.61. The van der Waals surface area contributed by atoms with Crippen molar-refractivity contribution in [2.75, 3.05) is 0 Å².